The van der Waals surface area contributed by atoms with Crippen LogP contribution in [0.25, 0.3) is 0 Å². The Morgan fingerprint density at radius 1 is 1.48 bits per heavy atom. The molecule has 0 spiro atoms. The molecular formula is C14H25N3O5S3. The third-order valence-corrected chi connectivity index (χ3v) is 8.06. The van der Waals surface area contributed by atoms with E-state index in [0.29, 0.717) is 28.1 Å². The van der Waals surface area contributed by atoms with Gasteiger partial charge in [-0.05, 0) is 31.9 Å². The Kier molecular flexibility index (Phi) is 8.58. The van der Waals surface area contributed by atoms with Gasteiger partial charge in [0.1, 0.15) is 4.21 Å². The molecule has 0 saturated carbocycles. The maximum absolute atomic E-state index is 12.9. The molecule has 8 nitrogen and oxygen atoms in total. The highest BCUT2D eigenvalue weighted by molar-refractivity contribution is 7.97. The quantitative estimate of drug-likeness (QED) is 0.247. The van der Waals surface area contributed by atoms with Crippen LogP contribution < -0.4 is 11.2 Å². The van der Waals surface area contributed by atoms with Gasteiger partial charge in [0.25, 0.3) is 10.0 Å². The number of nitrogens with zero attached hydrogens (tertiary/aromatic N) is 1. The lowest BCUT2D eigenvalue weighted by atomic mass is 10.1. The number of thiophene rings is 1. The van der Waals surface area contributed by atoms with Crippen LogP contribution in [0.4, 0.5) is 0 Å². The number of rotatable bonds is 11. The molecule has 1 aromatic heterocycles. The molecule has 0 saturated heterocycles. The highest BCUT2D eigenvalue weighted by Gasteiger charge is 2.38. The van der Waals surface area contributed by atoms with Crippen LogP contribution in [0.3, 0.4) is 0 Å². The fraction of sp³-hybridized carbons (Fsp3) is 0.714. The van der Waals surface area contributed by atoms with E-state index < -0.39 is 10.0 Å². The molecule has 25 heavy (non-hydrogen) atoms. The number of ether oxygens (including phenoxy) is 1. The Hall–Kier alpha value is -0.240. The summed E-state index contributed by atoms with van der Waals surface area (Å²) in [5.41, 5.74) is 0.787. The van der Waals surface area contributed by atoms with Crippen LogP contribution in [0, 0.1) is 0 Å². The lowest BCUT2D eigenvalue weighted by Crippen LogP contribution is -2.43. The fourth-order valence-electron chi connectivity index (χ4n) is 2.66. The molecule has 1 aliphatic heterocycles. The van der Waals surface area contributed by atoms with Crippen molar-refractivity contribution in [1.82, 2.24) is 9.62 Å². The lowest BCUT2D eigenvalue weighted by Gasteiger charge is -2.32. The van der Waals surface area contributed by atoms with Crippen molar-refractivity contribution in [2.45, 2.75) is 40.6 Å². The van der Waals surface area contributed by atoms with E-state index in [4.69, 9.17) is 10.6 Å². The monoisotopic (exact) mass is 411 g/mol. The van der Waals surface area contributed by atoms with E-state index in [9.17, 15) is 8.42 Å². The van der Waals surface area contributed by atoms with Gasteiger partial charge >= 0.3 is 0 Å². The molecule has 144 valence electrons. The first-order valence-electron chi connectivity index (χ1n) is 8.10. The number of methoxy groups -OCH3 is 1. The van der Waals surface area contributed by atoms with Crippen LogP contribution in [-0.4, -0.2) is 46.1 Å². The normalized spacial score (nSPS) is 19.9. The lowest BCUT2D eigenvalue weighted by molar-refractivity contribution is -0.195. The zero-order chi connectivity index (χ0) is 18.3. The van der Waals surface area contributed by atoms with Crippen LogP contribution >= 0.6 is 23.4 Å². The van der Waals surface area contributed by atoms with Crippen LogP contribution in [0.5, 0.6) is 0 Å². The van der Waals surface area contributed by atoms with Gasteiger partial charge < -0.3 is 10.1 Å². The Balaban J connectivity index is 2.22. The standard InChI is InChI=1S/C14H25N3O5S3/c1-3-6-16-12-10-17(7-4-5-8-20-2)25(18,19)14-11(12)9-13(23-14)24-22-21-15/h9,12,16H,3-8,10,15H2,1-2H3/t12-/m0/s1. The van der Waals surface area contributed by atoms with Gasteiger partial charge in [-0.2, -0.15) is 10.2 Å². The van der Waals surface area contributed by atoms with Gasteiger partial charge in [-0.25, -0.2) is 8.42 Å². The number of fused-ring (bicyclic) bond motifs is 1. The number of sulfonamides is 1. The SMILES string of the molecule is CCCN[C@H]1CN(CCCCOC)S(=O)(=O)c2sc(SOON)cc21. The van der Waals surface area contributed by atoms with E-state index in [1.165, 1.54) is 11.3 Å². The van der Waals surface area contributed by atoms with Gasteiger partial charge in [-0.15, -0.1) is 20.7 Å². The number of hydrogen-bond acceptors (Lipinski definition) is 9. The summed E-state index contributed by atoms with van der Waals surface area (Å²) in [6, 6.07) is 1.79. The summed E-state index contributed by atoms with van der Waals surface area (Å²) in [6.45, 7) is 4.45. The summed E-state index contributed by atoms with van der Waals surface area (Å²) >= 11 is 2.09. The molecule has 3 N–H and O–H groups in total. The van der Waals surface area contributed by atoms with Crippen LogP contribution in [0.2, 0.25) is 0 Å². The average molecular weight is 412 g/mol. The third-order valence-electron chi connectivity index (χ3n) is 3.84. The molecule has 1 atom stereocenters. The van der Waals surface area contributed by atoms with Crippen LogP contribution in [0.15, 0.2) is 14.5 Å². The highest BCUT2D eigenvalue weighted by Crippen LogP contribution is 2.42. The van der Waals surface area contributed by atoms with Gasteiger partial charge in [0.15, 0.2) is 0 Å². The van der Waals surface area contributed by atoms with E-state index in [0.717, 1.165) is 43.4 Å². The van der Waals surface area contributed by atoms with Crippen molar-refractivity contribution in [3.63, 3.8) is 0 Å². The van der Waals surface area contributed by atoms with Gasteiger partial charge in [-0.3, -0.25) is 0 Å². The second-order valence-electron chi connectivity index (χ2n) is 5.63. The molecule has 1 aliphatic rings. The Morgan fingerprint density at radius 3 is 2.96 bits per heavy atom. The van der Waals surface area contributed by atoms with Crippen molar-refractivity contribution in [2.24, 2.45) is 5.90 Å². The molecule has 0 amide bonds. The molecule has 0 radical (unpaired) electrons. The molecule has 11 heteroatoms. The summed E-state index contributed by atoms with van der Waals surface area (Å²) in [4.78, 5) is 4.10. The van der Waals surface area contributed by atoms with Crippen LogP contribution in [-0.2, 0) is 24.1 Å². The molecule has 0 fully saturated rings. The Bertz CT molecular complexity index is 638. The molecule has 0 bridgehead atoms. The minimum absolute atomic E-state index is 0.0368. The van der Waals surface area contributed by atoms with Gasteiger partial charge in [0, 0.05) is 38.4 Å². The summed E-state index contributed by atoms with van der Waals surface area (Å²) in [5.74, 6) is 4.86. The molecular weight excluding hydrogens is 386 g/mol. The maximum Gasteiger partial charge on any atom is 0.252 e. The highest BCUT2D eigenvalue weighted by atomic mass is 32.3. The zero-order valence-electron chi connectivity index (χ0n) is 14.4. The summed E-state index contributed by atoms with van der Waals surface area (Å²) in [6.07, 6.45) is 2.57. The van der Waals surface area contributed by atoms with Gasteiger partial charge in [0.05, 0.1) is 16.3 Å². The summed E-state index contributed by atoms with van der Waals surface area (Å²) < 4.78 is 38.2. The van der Waals surface area contributed by atoms with Crippen molar-refractivity contribution in [2.75, 3.05) is 33.4 Å². The van der Waals surface area contributed by atoms with Crippen LogP contribution in [0.1, 0.15) is 37.8 Å². The topological polar surface area (TPSA) is 103 Å². The molecule has 2 rings (SSSR count). The van der Waals surface area contributed by atoms with E-state index in [1.54, 1.807) is 11.4 Å². The van der Waals surface area contributed by atoms with Crippen molar-refractivity contribution in [3.8, 4) is 0 Å². The Labute approximate surface area is 157 Å². The average Bonchev–Trinajstić information content (AvgIpc) is 3.03. The largest absolute Gasteiger partial charge is 0.385 e. The number of unbranched alkanes of at least 4 members (excludes halogenated alkanes) is 1. The molecule has 0 aromatic carbocycles. The summed E-state index contributed by atoms with van der Waals surface area (Å²) in [7, 11) is -1.86. The first kappa shape index (κ1) is 21.1. The van der Waals surface area contributed by atoms with Crippen molar-refractivity contribution >= 4 is 33.4 Å². The zero-order valence-corrected chi connectivity index (χ0v) is 16.8. The van der Waals surface area contributed by atoms with Crippen molar-refractivity contribution < 1.29 is 22.5 Å². The van der Waals surface area contributed by atoms with E-state index in [2.05, 4.69) is 21.6 Å². The second-order valence-corrected chi connectivity index (χ2v) is 9.81. The fourth-order valence-corrected chi connectivity index (χ4v) is 6.71. The minimum atomic E-state index is -3.50. The molecule has 0 unspecified atom stereocenters. The van der Waals surface area contributed by atoms with E-state index in [1.807, 2.05) is 6.07 Å². The predicted molar refractivity (Wildman–Crippen MR) is 97.4 cm³/mol. The smallest absolute Gasteiger partial charge is 0.252 e. The maximum atomic E-state index is 12.9. The Morgan fingerprint density at radius 2 is 2.28 bits per heavy atom. The van der Waals surface area contributed by atoms with E-state index in [-0.39, 0.29) is 6.04 Å². The number of hydrogen-bond donors (Lipinski definition) is 2. The number of nitrogens with two attached hydrogens (primary N) is 1. The van der Waals surface area contributed by atoms with Crippen molar-refractivity contribution in [3.05, 3.63) is 11.6 Å². The second kappa shape index (κ2) is 10.2. The third kappa shape index (κ3) is 5.37. The minimum Gasteiger partial charge on any atom is -0.385 e. The van der Waals surface area contributed by atoms with Gasteiger partial charge in [0.2, 0.25) is 0 Å². The predicted octanol–water partition coefficient (Wildman–Crippen LogP) is 2.05. The molecule has 1 aromatic rings. The number of nitrogens with one attached hydrogen (secondary N) is 1. The van der Waals surface area contributed by atoms with Gasteiger partial charge in [-0.1, -0.05) is 6.92 Å². The molecule has 2 heterocycles. The first-order valence-corrected chi connectivity index (χ1v) is 11.1. The summed E-state index contributed by atoms with van der Waals surface area (Å²) in [5, 5.41) is 3.44. The molecule has 0 aliphatic carbocycles. The first-order chi connectivity index (χ1) is 12.0. The van der Waals surface area contributed by atoms with Crippen molar-refractivity contribution in [1.29, 1.82) is 0 Å². The van der Waals surface area contributed by atoms with E-state index >= 15 is 0 Å².